The van der Waals surface area contributed by atoms with E-state index in [2.05, 4.69) is 54.8 Å². The Labute approximate surface area is 126 Å². The first-order valence-corrected chi connectivity index (χ1v) is 7.25. The van der Waals surface area contributed by atoms with Crippen molar-refractivity contribution in [3.63, 3.8) is 0 Å². The van der Waals surface area contributed by atoms with Gasteiger partial charge in [0.15, 0.2) is 0 Å². The van der Waals surface area contributed by atoms with Gasteiger partial charge in [-0.3, -0.25) is 4.79 Å². The molecule has 0 saturated carbocycles. The van der Waals surface area contributed by atoms with E-state index >= 15 is 0 Å². The highest BCUT2D eigenvalue weighted by molar-refractivity contribution is 5.88. The third kappa shape index (κ3) is 4.43. The predicted molar refractivity (Wildman–Crippen MR) is 87.2 cm³/mol. The minimum Gasteiger partial charge on any atom is -0.326 e. The molecule has 0 aliphatic carbocycles. The molecule has 0 saturated heterocycles. The Balaban J connectivity index is 2.06. The van der Waals surface area contributed by atoms with Gasteiger partial charge in [-0.2, -0.15) is 0 Å². The summed E-state index contributed by atoms with van der Waals surface area (Å²) in [6.07, 6.45) is 0. The lowest BCUT2D eigenvalue weighted by atomic mass is 10.0. The molecule has 0 fully saturated rings. The van der Waals surface area contributed by atoms with Gasteiger partial charge in [-0.15, -0.1) is 0 Å². The van der Waals surface area contributed by atoms with Gasteiger partial charge >= 0.3 is 0 Å². The van der Waals surface area contributed by atoms with Gasteiger partial charge in [0.2, 0.25) is 5.91 Å². The molecule has 0 aliphatic heterocycles. The van der Waals surface area contributed by atoms with Gasteiger partial charge in [0.25, 0.3) is 0 Å². The van der Waals surface area contributed by atoms with Crippen molar-refractivity contribution in [2.75, 3.05) is 5.32 Å². The van der Waals surface area contributed by atoms with E-state index in [9.17, 15) is 4.79 Å². The van der Waals surface area contributed by atoms with Gasteiger partial charge in [-0.25, -0.2) is 0 Å². The summed E-state index contributed by atoms with van der Waals surface area (Å²) in [5.41, 5.74) is 3.26. The highest BCUT2D eigenvalue weighted by Crippen LogP contribution is 2.21. The molecule has 2 aromatic rings. The third-order valence-electron chi connectivity index (χ3n) is 3.51. The lowest BCUT2D eigenvalue weighted by molar-refractivity contribution is -0.114. The lowest BCUT2D eigenvalue weighted by Gasteiger charge is -2.21. The van der Waals surface area contributed by atoms with Crippen LogP contribution in [0.5, 0.6) is 0 Å². The van der Waals surface area contributed by atoms with Crippen LogP contribution in [0.15, 0.2) is 54.6 Å². The third-order valence-corrected chi connectivity index (χ3v) is 3.51. The fourth-order valence-corrected chi connectivity index (χ4v) is 2.40. The van der Waals surface area contributed by atoms with E-state index in [-0.39, 0.29) is 18.0 Å². The Kier molecular flexibility index (Phi) is 5.12. The fraction of sp³-hybridized carbons (Fsp3) is 0.278. The summed E-state index contributed by atoms with van der Waals surface area (Å²) in [4.78, 5) is 11.1. The molecular weight excluding hydrogens is 260 g/mol. The van der Waals surface area contributed by atoms with Gasteiger partial charge in [0.05, 0.1) is 0 Å². The molecule has 0 spiro atoms. The summed E-state index contributed by atoms with van der Waals surface area (Å²) in [5, 5.41) is 6.40. The van der Waals surface area contributed by atoms with Crippen molar-refractivity contribution in [3.05, 3.63) is 65.7 Å². The van der Waals surface area contributed by atoms with E-state index in [0.717, 1.165) is 11.3 Å². The van der Waals surface area contributed by atoms with Crippen LogP contribution in [0.4, 0.5) is 5.69 Å². The van der Waals surface area contributed by atoms with E-state index in [1.54, 1.807) is 0 Å². The van der Waals surface area contributed by atoms with E-state index < -0.39 is 0 Å². The zero-order valence-electron chi connectivity index (χ0n) is 12.8. The second kappa shape index (κ2) is 7.04. The van der Waals surface area contributed by atoms with Crippen molar-refractivity contribution in [1.29, 1.82) is 0 Å². The van der Waals surface area contributed by atoms with Crippen LogP contribution in [0, 0.1) is 0 Å². The van der Waals surface area contributed by atoms with Crippen LogP contribution in [0.3, 0.4) is 0 Å². The quantitative estimate of drug-likeness (QED) is 0.868. The van der Waals surface area contributed by atoms with Crippen LogP contribution in [0.2, 0.25) is 0 Å². The van der Waals surface area contributed by atoms with E-state index in [0.29, 0.717) is 0 Å². The molecule has 0 aromatic heterocycles. The predicted octanol–water partition coefficient (Wildman–Crippen LogP) is 4.06. The summed E-state index contributed by atoms with van der Waals surface area (Å²) in [5.74, 6) is -0.0505. The van der Waals surface area contributed by atoms with Crippen molar-refractivity contribution >= 4 is 11.6 Å². The van der Waals surface area contributed by atoms with Crippen LogP contribution < -0.4 is 10.6 Å². The molecule has 0 aliphatic rings. The first-order chi connectivity index (χ1) is 10.1. The molecule has 3 nitrogen and oxygen atoms in total. The Morgan fingerprint density at radius 1 is 0.905 bits per heavy atom. The molecule has 2 rings (SSSR count). The van der Waals surface area contributed by atoms with E-state index in [1.165, 1.54) is 12.5 Å². The van der Waals surface area contributed by atoms with Crippen LogP contribution in [-0.2, 0) is 4.79 Å². The van der Waals surface area contributed by atoms with Crippen LogP contribution in [-0.4, -0.2) is 5.91 Å². The zero-order valence-corrected chi connectivity index (χ0v) is 12.8. The maximum Gasteiger partial charge on any atom is 0.221 e. The number of hydrogen-bond donors (Lipinski definition) is 2. The van der Waals surface area contributed by atoms with E-state index in [1.807, 2.05) is 24.3 Å². The summed E-state index contributed by atoms with van der Waals surface area (Å²) in [6.45, 7) is 5.81. The van der Waals surface area contributed by atoms with Crippen LogP contribution in [0.25, 0.3) is 0 Å². The average molecular weight is 282 g/mol. The number of carbonyl (C=O) groups is 1. The van der Waals surface area contributed by atoms with Crippen LogP contribution in [0.1, 0.15) is 44.0 Å². The van der Waals surface area contributed by atoms with Gasteiger partial charge < -0.3 is 10.6 Å². The maximum atomic E-state index is 11.1. The minimum atomic E-state index is -0.0505. The first kappa shape index (κ1) is 15.3. The molecule has 1 amide bonds. The molecule has 1 unspecified atom stereocenters. The standard InChI is InChI=1S/C18H22N2O/c1-13(16-8-5-4-6-9-16)19-14(2)17-10-7-11-18(12-17)20-15(3)21/h4-14,19H,1-3H3,(H,20,21)/t13-,14?/m1/s1. The van der Waals surface area contributed by atoms with E-state index in [4.69, 9.17) is 0 Å². The molecule has 110 valence electrons. The van der Waals surface area contributed by atoms with Gasteiger partial charge in [-0.1, -0.05) is 42.5 Å². The summed E-state index contributed by atoms with van der Waals surface area (Å²) < 4.78 is 0. The summed E-state index contributed by atoms with van der Waals surface area (Å²) >= 11 is 0. The highest BCUT2D eigenvalue weighted by Gasteiger charge is 2.11. The Hall–Kier alpha value is -2.13. The summed E-state index contributed by atoms with van der Waals surface area (Å²) in [7, 11) is 0. The molecule has 0 heterocycles. The Morgan fingerprint density at radius 3 is 2.19 bits per heavy atom. The number of nitrogens with one attached hydrogen (secondary N) is 2. The topological polar surface area (TPSA) is 41.1 Å². The number of rotatable bonds is 5. The normalized spacial score (nSPS) is 13.5. The van der Waals surface area contributed by atoms with Gasteiger partial charge in [-0.05, 0) is 37.1 Å². The number of benzene rings is 2. The molecule has 3 heteroatoms. The second-order valence-corrected chi connectivity index (χ2v) is 5.33. The Bertz CT molecular complexity index is 595. The largest absolute Gasteiger partial charge is 0.326 e. The SMILES string of the molecule is CC(=O)Nc1cccc(C(C)N[C@H](C)c2ccccc2)c1. The highest BCUT2D eigenvalue weighted by atomic mass is 16.1. The van der Waals surface area contributed by atoms with Crippen molar-refractivity contribution in [1.82, 2.24) is 5.32 Å². The Morgan fingerprint density at radius 2 is 1.52 bits per heavy atom. The van der Waals surface area contributed by atoms with Crippen LogP contribution >= 0.6 is 0 Å². The second-order valence-electron chi connectivity index (χ2n) is 5.33. The number of anilines is 1. The van der Waals surface area contributed by atoms with Crippen molar-refractivity contribution in [2.45, 2.75) is 32.9 Å². The van der Waals surface area contributed by atoms with Crippen molar-refractivity contribution < 1.29 is 4.79 Å². The molecule has 2 atom stereocenters. The molecule has 0 bridgehead atoms. The van der Waals surface area contributed by atoms with Crippen molar-refractivity contribution in [2.24, 2.45) is 0 Å². The first-order valence-electron chi connectivity index (χ1n) is 7.25. The average Bonchev–Trinajstić information content (AvgIpc) is 2.47. The number of amides is 1. The van der Waals surface area contributed by atoms with Crippen molar-refractivity contribution in [3.8, 4) is 0 Å². The zero-order chi connectivity index (χ0) is 15.2. The molecule has 2 aromatic carbocycles. The smallest absolute Gasteiger partial charge is 0.221 e. The molecule has 21 heavy (non-hydrogen) atoms. The van der Waals surface area contributed by atoms with Gasteiger partial charge in [0.1, 0.15) is 0 Å². The number of carbonyl (C=O) groups excluding carboxylic acids is 1. The molecular formula is C18H22N2O. The minimum absolute atomic E-state index is 0.0505. The molecule has 0 radical (unpaired) electrons. The molecule has 2 N–H and O–H groups in total. The monoisotopic (exact) mass is 282 g/mol. The number of hydrogen-bond acceptors (Lipinski definition) is 2. The fourth-order valence-electron chi connectivity index (χ4n) is 2.40. The lowest BCUT2D eigenvalue weighted by Crippen LogP contribution is -2.22. The van der Waals surface area contributed by atoms with Gasteiger partial charge in [0, 0.05) is 24.7 Å². The summed E-state index contributed by atoms with van der Waals surface area (Å²) in [6, 6.07) is 18.8. The maximum absolute atomic E-state index is 11.1.